The summed E-state index contributed by atoms with van der Waals surface area (Å²) < 4.78 is 5.32. The minimum atomic E-state index is -0.308. The summed E-state index contributed by atoms with van der Waals surface area (Å²) in [6, 6.07) is 9.59. The molecule has 5 nitrogen and oxygen atoms in total. The van der Waals surface area contributed by atoms with Crippen molar-refractivity contribution in [1.29, 1.82) is 0 Å². The lowest BCUT2D eigenvalue weighted by atomic mass is 10.2. The van der Waals surface area contributed by atoms with E-state index in [4.69, 9.17) is 0 Å². The van der Waals surface area contributed by atoms with E-state index < -0.39 is 0 Å². The van der Waals surface area contributed by atoms with Gasteiger partial charge in [-0.05, 0) is 0 Å². The molecule has 0 fully saturated rings. The fourth-order valence-electron chi connectivity index (χ4n) is 1.58. The number of benzene rings is 1. The Kier molecular flexibility index (Phi) is 5.35. The number of rotatable bonds is 5. The van der Waals surface area contributed by atoms with E-state index in [0.717, 1.165) is 5.56 Å². The van der Waals surface area contributed by atoms with Gasteiger partial charge in [0.15, 0.2) is 4.34 Å². The number of aromatic nitrogens is 1. The summed E-state index contributed by atoms with van der Waals surface area (Å²) in [7, 11) is 1.35. The maximum Gasteiger partial charge on any atom is 0.316 e. The number of anilines is 1. The highest BCUT2D eigenvalue weighted by molar-refractivity contribution is 8.01. The van der Waals surface area contributed by atoms with Crippen molar-refractivity contribution in [3.63, 3.8) is 0 Å². The second-order valence-corrected chi connectivity index (χ2v) is 6.29. The zero-order valence-electron chi connectivity index (χ0n) is 11.6. The number of carbonyl (C=O) groups is 2. The number of thioether (sulfide) groups is 1. The Hall–Kier alpha value is -1.86. The summed E-state index contributed by atoms with van der Waals surface area (Å²) in [5, 5.41) is 3.46. The van der Waals surface area contributed by atoms with Crippen LogP contribution in [0.5, 0.6) is 0 Å². The van der Waals surface area contributed by atoms with E-state index in [1.807, 2.05) is 30.3 Å². The van der Waals surface area contributed by atoms with Crippen LogP contribution in [0.1, 0.15) is 6.92 Å². The molecule has 0 saturated carbocycles. The lowest BCUT2D eigenvalue weighted by Gasteiger charge is -2.01. The summed E-state index contributed by atoms with van der Waals surface area (Å²) in [4.78, 5) is 27.0. The molecule has 7 heteroatoms. The standard InChI is InChI=1S/C14H14N2O3S2/c1-9(17)15-13-12(10-6-4-3-5-7-10)16-14(21-13)20-8-11(18)19-2/h3-7H,8H2,1-2H3,(H,15,17). The summed E-state index contributed by atoms with van der Waals surface area (Å²) in [6.07, 6.45) is 0. The number of nitrogens with zero attached hydrogens (tertiary/aromatic N) is 1. The van der Waals surface area contributed by atoms with Crippen molar-refractivity contribution in [3.8, 4) is 11.3 Å². The highest BCUT2D eigenvalue weighted by Gasteiger charge is 2.15. The molecule has 2 aromatic rings. The second-order valence-electron chi connectivity index (χ2n) is 4.07. The van der Waals surface area contributed by atoms with Gasteiger partial charge in [0.1, 0.15) is 10.7 Å². The predicted molar refractivity (Wildman–Crippen MR) is 84.6 cm³/mol. The highest BCUT2D eigenvalue weighted by atomic mass is 32.2. The lowest BCUT2D eigenvalue weighted by molar-refractivity contribution is -0.137. The molecule has 1 N–H and O–H groups in total. The largest absolute Gasteiger partial charge is 0.468 e. The smallest absolute Gasteiger partial charge is 0.316 e. The molecule has 0 aliphatic heterocycles. The van der Waals surface area contributed by atoms with Crippen molar-refractivity contribution >= 4 is 40.0 Å². The summed E-state index contributed by atoms with van der Waals surface area (Å²) >= 11 is 2.64. The third kappa shape index (κ3) is 4.30. The Morgan fingerprint density at radius 3 is 2.67 bits per heavy atom. The Balaban J connectivity index is 2.27. The molecule has 110 valence electrons. The van der Waals surface area contributed by atoms with Crippen molar-refractivity contribution in [2.24, 2.45) is 0 Å². The van der Waals surface area contributed by atoms with Gasteiger partial charge in [0.25, 0.3) is 0 Å². The van der Waals surface area contributed by atoms with Gasteiger partial charge in [0, 0.05) is 12.5 Å². The van der Waals surface area contributed by atoms with E-state index in [0.29, 0.717) is 15.0 Å². The third-order valence-electron chi connectivity index (χ3n) is 2.49. The Morgan fingerprint density at radius 2 is 2.05 bits per heavy atom. The van der Waals surface area contributed by atoms with E-state index in [1.165, 1.54) is 37.1 Å². The fourth-order valence-corrected chi connectivity index (χ4v) is 3.52. The molecule has 0 saturated heterocycles. The van der Waals surface area contributed by atoms with Gasteiger partial charge in [-0.2, -0.15) is 0 Å². The number of thiazole rings is 1. The number of hydrogen-bond donors (Lipinski definition) is 1. The van der Waals surface area contributed by atoms with Crippen molar-refractivity contribution in [3.05, 3.63) is 30.3 Å². The first-order chi connectivity index (χ1) is 10.1. The fraction of sp³-hybridized carbons (Fsp3) is 0.214. The quantitative estimate of drug-likeness (QED) is 0.677. The number of hydrogen-bond acceptors (Lipinski definition) is 6. The lowest BCUT2D eigenvalue weighted by Crippen LogP contribution is -2.05. The summed E-state index contributed by atoms with van der Waals surface area (Å²) in [6.45, 7) is 1.45. The van der Waals surface area contributed by atoms with Gasteiger partial charge in [-0.3, -0.25) is 9.59 Å². The van der Waals surface area contributed by atoms with Gasteiger partial charge in [0.05, 0.1) is 12.9 Å². The Bertz CT molecular complexity index is 641. The monoisotopic (exact) mass is 322 g/mol. The molecule has 0 unspecified atom stereocenters. The molecular weight excluding hydrogens is 308 g/mol. The average Bonchev–Trinajstić information content (AvgIpc) is 2.87. The third-order valence-corrected chi connectivity index (χ3v) is 4.57. The zero-order chi connectivity index (χ0) is 15.2. The maximum atomic E-state index is 11.3. The molecule has 0 aliphatic carbocycles. The molecule has 1 heterocycles. The van der Waals surface area contributed by atoms with Crippen LogP contribution < -0.4 is 5.32 Å². The van der Waals surface area contributed by atoms with E-state index >= 15 is 0 Å². The van der Waals surface area contributed by atoms with Crippen LogP contribution in [0.4, 0.5) is 5.00 Å². The van der Waals surface area contributed by atoms with Crippen LogP contribution in [-0.4, -0.2) is 29.7 Å². The molecule has 21 heavy (non-hydrogen) atoms. The van der Waals surface area contributed by atoms with E-state index in [2.05, 4.69) is 15.0 Å². The molecule has 1 aromatic heterocycles. The first-order valence-electron chi connectivity index (χ1n) is 6.13. The SMILES string of the molecule is COC(=O)CSc1nc(-c2ccccc2)c(NC(C)=O)s1. The van der Waals surface area contributed by atoms with Crippen LogP contribution in [0.15, 0.2) is 34.7 Å². The van der Waals surface area contributed by atoms with Crippen LogP contribution in [-0.2, 0) is 14.3 Å². The number of amides is 1. The van der Waals surface area contributed by atoms with Crippen molar-refractivity contribution in [2.75, 3.05) is 18.2 Å². The maximum absolute atomic E-state index is 11.3. The van der Waals surface area contributed by atoms with Crippen molar-refractivity contribution in [2.45, 2.75) is 11.3 Å². The molecule has 1 amide bonds. The molecule has 0 bridgehead atoms. The first kappa shape index (κ1) is 15.5. The summed E-state index contributed by atoms with van der Waals surface area (Å²) in [5.74, 6) is -0.268. The normalized spacial score (nSPS) is 10.2. The van der Waals surface area contributed by atoms with Gasteiger partial charge >= 0.3 is 5.97 Å². The molecule has 0 aliphatic rings. The minimum Gasteiger partial charge on any atom is -0.468 e. The molecular formula is C14H14N2O3S2. The van der Waals surface area contributed by atoms with Gasteiger partial charge in [0.2, 0.25) is 5.91 Å². The van der Waals surface area contributed by atoms with E-state index in [-0.39, 0.29) is 17.6 Å². The molecule has 2 rings (SSSR count). The van der Waals surface area contributed by atoms with E-state index in [1.54, 1.807) is 0 Å². The molecule has 0 radical (unpaired) electrons. The molecule has 0 spiro atoms. The summed E-state index contributed by atoms with van der Waals surface area (Å²) in [5.41, 5.74) is 1.63. The first-order valence-corrected chi connectivity index (χ1v) is 7.94. The zero-order valence-corrected chi connectivity index (χ0v) is 13.2. The van der Waals surface area contributed by atoms with Crippen LogP contribution in [0.3, 0.4) is 0 Å². The van der Waals surface area contributed by atoms with Gasteiger partial charge in [-0.25, -0.2) is 4.98 Å². The van der Waals surface area contributed by atoms with Gasteiger partial charge < -0.3 is 10.1 Å². The van der Waals surface area contributed by atoms with Crippen molar-refractivity contribution < 1.29 is 14.3 Å². The number of ether oxygens (including phenoxy) is 1. The van der Waals surface area contributed by atoms with Gasteiger partial charge in [-0.1, -0.05) is 53.4 Å². The van der Waals surface area contributed by atoms with E-state index in [9.17, 15) is 9.59 Å². The topological polar surface area (TPSA) is 68.3 Å². The minimum absolute atomic E-state index is 0.152. The average molecular weight is 322 g/mol. The van der Waals surface area contributed by atoms with Gasteiger partial charge in [-0.15, -0.1) is 0 Å². The molecule has 1 aromatic carbocycles. The Morgan fingerprint density at radius 1 is 1.33 bits per heavy atom. The number of nitrogens with one attached hydrogen (secondary N) is 1. The van der Waals surface area contributed by atoms with Crippen LogP contribution in [0.25, 0.3) is 11.3 Å². The number of esters is 1. The van der Waals surface area contributed by atoms with Crippen LogP contribution in [0, 0.1) is 0 Å². The Labute approximate surface area is 130 Å². The number of methoxy groups -OCH3 is 1. The van der Waals surface area contributed by atoms with Crippen molar-refractivity contribution in [1.82, 2.24) is 4.98 Å². The van der Waals surface area contributed by atoms with Crippen LogP contribution >= 0.6 is 23.1 Å². The number of carbonyl (C=O) groups excluding carboxylic acids is 2. The molecule has 0 atom stereocenters. The highest BCUT2D eigenvalue weighted by Crippen LogP contribution is 2.37. The second kappa shape index (κ2) is 7.24. The van der Waals surface area contributed by atoms with Crippen LogP contribution in [0.2, 0.25) is 0 Å². The predicted octanol–water partition coefficient (Wildman–Crippen LogP) is 3.03.